The Morgan fingerprint density at radius 1 is 1.23 bits per heavy atom. The number of hydrogen-bond acceptors (Lipinski definition) is 5. The average Bonchev–Trinajstić information content (AvgIpc) is 3.21. The number of fused-ring (bicyclic) bond motifs is 1. The van der Waals surface area contributed by atoms with Gasteiger partial charge in [-0.25, -0.2) is 0 Å². The molecule has 0 bridgehead atoms. The molecule has 0 saturated carbocycles. The van der Waals surface area contributed by atoms with Gasteiger partial charge in [0.05, 0.1) is 12.6 Å². The van der Waals surface area contributed by atoms with Crippen molar-refractivity contribution in [3.05, 3.63) is 41.7 Å². The monoisotopic (exact) mass is 298 g/mol. The van der Waals surface area contributed by atoms with Crippen LogP contribution in [0, 0.1) is 0 Å². The lowest BCUT2D eigenvalue weighted by atomic mass is 10.1. The first-order valence-corrected chi connectivity index (χ1v) is 7.68. The molecule has 0 aromatic carbocycles. The van der Waals surface area contributed by atoms with Crippen molar-refractivity contribution < 1.29 is 4.79 Å². The van der Waals surface area contributed by atoms with Crippen molar-refractivity contribution in [1.29, 1.82) is 0 Å². The van der Waals surface area contributed by atoms with E-state index < -0.39 is 0 Å². The fourth-order valence-electron chi connectivity index (χ4n) is 3.30. The molecule has 2 aromatic heterocycles. The van der Waals surface area contributed by atoms with Gasteiger partial charge in [0, 0.05) is 37.6 Å². The van der Waals surface area contributed by atoms with Gasteiger partial charge in [-0.3, -0.25) is 9.78 Å². The maximum Gasteiger partial charge on any atom is 0.254 e. The minimum atomic E-state index is 0.0278. The molecule has 0 aliphatic carbocycles. The fourth-order valence-corrected chi connectivity index (χ4v) is 3.30. The molecule has 1 saturated heterocycles. The summed E-state index contributed by atoms with van der Waals surface area (Å²) in [6, 6.07) is 3.56. The molecule has 4 rings (SSSR count). The summed E-state index contributed by atoms with van der Waals surface area (Å²) in [4.78, 5) is 18.7. The second-order valence-electron chi connectivity index (χ2n) is 5.70. The number of pyridine rings is 1. The van der Waals surface area contributed by atoms with E-state index in [1.54, 1.807) is 24.5 Å². The lowest BCUT2D eigenvalue weighted by Crippen LogP contribution is -2.34. The third-order valence-electron chi connectivity index (χ3n) is 4.39. The van der Waals surface area contributed by atoms with Crippen LogP contribution in [0.3, 0.4) is 0 Å². The molecule has 2 aliphatic heterocycles. The number of likely N-dealkylation sites (tertiary alicyclic amines) is 1. The second kappa shape index (κ2) is 5.49. The topological polar surface area (TPSA) is 75.9 Å². The van der Waals surface area contributed by atoms with Crippen LogP contribution in [0.4, 0.5) is 0 Å². The molecule has 2 aromatic rings. The number of hydrogen-bond donors (Lipinski definition) is 1. The van der Waals surface area contributed by atoms with Crippen LogP contribution in [0.1, 0.15) is 40.9 Å². The lowest BCUT2D eigenvalue weighted by molar-refractivity contribution is 0.0726. The first kappa shape index (κ1) is 13.4. The highest BCUT2D eigenvalue weighted by Gasteiger charge is 2.34. The summed E-state index contributed by atoms with van der Waals surface area (Å²) in [7, 11) is 0. The van der Waals surface area contributed by atoms with Gasteiger partial charge in [0.1, 0.15) is 5.82 Å². The van der Waals surface area contributed by atoms with Crippen molar-refractivity contribution in [3.63, 3.8) is 0 Å². The quantitative estimate of drug-likeness (QED) is 0.885. The number of carbonyl (C=O) groups is 1. The fraction of sp³-hybridized carbons (Fsp3) is 0.467. The summed E-state index contributed by atoms with van der Waals surface area (Å²) in [5, 5.41) is 11.9. The maximum atomic E-state index is 12.7. The predicted molar refractivity (Wildman–Crippen MR) is 79.0 cm³/mol. The van der Waals surface area contributed by atoms with Crippen molar-refractivity contribution in [2.45, 2.75) is 32.0 Å². The Kier molecular flexibility index (Phi) is 3.34. The highest BCUT2D eigenvalue weighted by atomic mass is 16.2. The Balaban J connectivity index is 1.64. The van der Waals surface area contributed by atoms with Crippen LogP contribution < -0.4 is 5.32 Å². The summed E-state index contributed by atoms with van der Waals surface area (Å²) in [5.74, 6) is 1.94. The normalized spacial score (nSPS) is 20.9. The molecule has 7 nitrogen and oxygen atoms in total. The predicted octanol–water partition coefficient (Wildman–Crippen LogP) is 0.754. The van der Waals surface area contributed by atoms with Crippen molar-refractivity contribution in [2.24, 2.45) is 0 Å². The van der Waals surface area contributed by atoms with E-state index in [9.17, 15) is 4.79 Å². The number of rotatable bonds is 2. The van der Waals surface area contributed by atoms with E-state index >= 15 is 0 Å². The van der Waals surface area contributed by atoms with Crippen molar-refractivity contribution in [3.8, 4) is 0 Å². The summed E-state index contributed by atoms with van der Waals surface area (Å²) >= 11 is 0. The van der Waals surface area contributed by atoms with E-state index in [-0.39, 0.29) is 11.9 Å². The Morgan fingerprint density at radius 2 is 2.09 bits per heavy atom. The first-order valence-electron chi connectivity index (χ1n) is 7.68. The molecule has 0 spiro atoms. The van der Waals surface area contributed by atoms with Crippen LogP contribution in [-0.4, -0.2) is 43.6 Å². The molecule has 4 heterocycles. The van der Waals surface area contributed by atoms with E-state index in [0.717, 1.165) is 50.7 Å². The van der Waals surface area contributed by atoms with Gasteiger partial charge in [0.2, 0.25) is 0 Å². The second-order valence-corrected chi connectivity index (χ2v) is 5.70. The highest BCUT2D eigenvalue weighted by molar-refractivity contribution is 5.94. The van der Waals surface area contributed by atoms with Crippen molar-refractivity contribution >= 4 is 5.91 Å². The van der Waals surface area contributed by atoms with Gasteiger partial charge in [0.25, 0.3) is 5.91 Å². The van der Waals surface area contributed by atoms with Crippen molar-refractivity contribution in [2.75, 3.05) is 13.1 Å². The first-order chi connectivity index (χ1) is 10.8. The van der Waals surface area contributed by atoms with Crippen LogP contribution in [0.2, 0.25) is 0 Å². The molecule has 1 N–H and O–H groups in total. The Labute approximate surface area is 128 Å². The molecular formula is C15H18N6O. The summed E-state index contributed by atoms with van der Waals surface area (Å²) < 4.78 is 2.17. The molecule has 114 valence electrons. The number of nitrogens with zero attached hydrogens (tertiary/aromatic N) is 5. The van der Waals surface area contributed by atoms with Gasteiger partial charge in [-0.15, -0.1) is 10.2 Å². The molecule has 1 fully saturated rings. The lowest BCUT2D eigenvalue weighted by Gasteiger charge is -2.26. The summed E-state index contributed by atoms with van der Waals surface area (Å²) in [6.07, 6.45) is 5.26. The zero-order valence-corrected chi connectivity index (χ0v) is 12.3. The summed E-state index contributed by atoms with van der Waals surface area (Å²) in [6.45, 7) is 3.30. The Bertz CT molecular complexity index is 683. The van der Waals surface area contributed by atoms with E-state index in [4.69, 9.17) is 0 Å². The van der Waals surface area contributed by atoms with Crippen LogP contribution in [-0.2, 0) is 13.1 Å². The molecule has 1 unspecified atom stereocenters. The SMILES string of the molecule is O=C(c1ccncc1)N1CCCC1c1nnc2n1CCNC2. The van der Waals surface area contributed by atoms with Gasteiger partial charge in [-0.05, 0) is 25.0 Å². The van der Waals surface area contributed by atoms with Gasteiger partial charge in [0.15, 0.2) is 5.82 Å². The van der Waals surface area contributed by atoms with E-state index in [1.165, 1.54) is 0 Å². The molecule has 1 amide bonds. The smallest absolute Gasteiger partial charge is 0.254 e. The van der Waals surface area contributed by atoms with Crippen LogP contribution in [0.5, 0.6) is 0 Å². The number of aromatic nitrogens is 4. The zero-order valence-electron chi connectivity index (χ0n) is 12.3. The van der Waals surface area contributed by atoms with Gasteiger partial charge in [-0.1, -0.05) is 0 Å². The Morgan fingerprint density at radius 3 is 2.95 bits per heavy atom. The average molecular weight is 298 g/mol. The highest BCUT2D eigenvalue weighted by Crippen LogP contribution is 2.32. The summed E-state index contributed by atoms with van der Waals surface area (Å²) in [5.41, 5.74) is 0.682. The minimum absolute atomic E-state index is 0.0278. The van der Waals surface area contributed by atoms with Gasteiger partial charge in [-0.2, -0.15) is 0 Å². The standard InChI is InChI=1S/C15H18N6O/c22-15(11-3-5-16-6-4-11)20-8-1-2-12(20)14-19-18-13-10-17-7-9-21(13)14/h3-6,12,17H,1-2,7-10H2. The third kappa shape index (κ3) is 2.18. The molecule has 1 atom stereocenters. The largest absolute Gasteiger partial charge is 0.328 e. The minimum Gasteiger partial charge on any atom is -0.328 e. The molecule has 22 heavy (non-hydrogen) atoms. The van der Waals surface area contributed by atoms with Crippen LogP contribution in [0.15, 0.2) is 24.5 Å². The molecule has 7 heteroatoms. The molecule has 0 radical (unpaired) electrons. The van der Waals surface area contributed by atoms with E-state index in [0.29, 0.717) is 5.56 Å². The number of nitrogens with one attached hydrogen (secondary N) is 1. The number of amides is 1. The van der Waals surface area contributed by atoms with Crippen LogP contribution >= 0.6 is 0 Å². The van der Waals surface area contributed by atoms with Gasteiger partial charge >= 0.3 is 0 Å². The maximum absolute atomic E-state index is 12.7. The molecular weight excluding hydrogens is 280 g/mol. The Hall–Kier alpha value is -2.28. The van der Waals surface area contributed by atoms with E-state index in [1.807, 2.05) is 4.90 Å². The molecule has 2 aliphatic rings. The van der Waals surface area contributed by atoms with Gasteiger partial charge < -0.3 is 14.8 Å². The zero-order chi connectivity index (χ0) is 14.9. The number of carbonyl (C=O) groups excluding carboxylic acids is 1. The van der Waals surface area contributed by atoms with E-state index in [2.05, 4.69) is 25.1 Å². The third-order valence-corrected chi connectivity index (χ3v) is 4.39. The van der Waals surface area contributed by atoms with Crippen LogP contribution in [0.25, 0.3) is 0 Å². The van der Waals surface area contributed by atoms with Crippen molar-refractivity contribution in [1.82, 2.24) is 30.0 Å².